The van der Waals surface area contributed by atoms with Crippen molar-refractivity contribution in [3.63, 3.8) is 0 Å². The number of rotatable bonds is 7. The summed E-state index contributed by atoms with van der Waals surface area (Å²) in [6.07, 6.45) is 1.74. The molecule has 4 rings (SSSR count). The molecule has 0 fully saturated rings. The standard InChI is InChI=1S/C21H24N6O3S/c1-4-6-11-27-17-16(18(28)24-20(27)30)26(5-2)15(23-17)12-31-21-22-14-10-8-7-9-13(14)19(29)25(21)3/h7-10H,4-6,11-12H2,1-3H3,(H,24,28,30). The van der Waals surface area contributed by atoms with Gasteiger partial charge in [-0.25, -0.2) is 14.8 Å². The Morgan fingerprint density at radius 3 is 2.58 bits per heavy atom. The molecule has 162 valence electrons. The van der Waals surface area contributed by atoms with Crippen LogP contribution in [0.2, 0.25) is 0 Å². The minimum atomic E-state index is -0.440. The maximum atomic E-state index is 12.7. The summed E-state index contributed by atoms with van der Waals surface area (Å²) < 4.78 is 4.88. The maximum Gasteiger partial charge on any atom is 0.330 e. The quantitative estimate of drug-likeness (QED) is 0.349. The molecular formula is C21H24N6O3S. The molecule has 0 radical (unpaired) electrons. The SMILES string of the molecule is CCCCn1c(=O)[nH]c(=O)c2c1nc(CSc1nc3ccccc3c(=O)n1C)n2CC. The van der Waals surface area contributed by atoms with Gasteiger partial charge in [-0.2, -0.15) is 0 Å². The number of hydrogen-bond donors (Lipinski definition) is 1. The van der Waals surface area contributed by atoms with E-state index in [4.69, 9.17) is 0 Å². The fourth-order valence-corrected chi connectivity index (χ4v) is 4.57. The number of nitrogens with one attached hydrogen (secondary N) is 1. The Hall–Kier alpha value is -3.14. The van der Waals surface area contributed by atoms with Crippen LogP contribution in [0.5, 0.6) is 0 Å². The number of para-hydroxylation sites is 1. The third-order valence-corrected chi connectivity index (χ3v) is 6.31. The summed E-state index contributed by atoms with van der Waals surface area (Å²) in [5.74, 6) is 1.06. The number of aromatic amines is 1. The van der Waals surface area contributed by atoms with E-state index < -0.39 is 11.2 Å². The van der Waals surface area contributed by atoms with Crippen molar-refractivity contribution in [1.82, 2.24) is 28.7 Å². The van der Waals surface area contributed by atoms with E-state index in [9.17, 15) is 14.4 Å². The molecule has 0 saturated heterocycles. The molecule has 0 bridgehead atoms. The molecule has 9 nitrogen and oxygen atoms in total. The lowest BCUT2D eigenvalue weighted by Crippen LogP contribution is -2.31. The number of unbranched alkanes of at least 4 members (excludes halogenated alkanes) is 1. The van der Waals surface area contributed by atoms with Crippen molar-refractivity contribution < 1.29 is 0 Å². The van der Waals surface area contributed by atoms with E-state index in [0.717, 1.165) is 12.8 Å². The van der Waals surface area contributed by atoms with Gasteiger partial charge in [0.05, 0.1) is 16.7 Å². The molecule has 0 atom stereocenters. The highest BCUT2D eigenvalue weighted by Gasteiger charge is 2.18. The van der Waals surface area contributed by atoms with Gasteiger partial charge in [0.25, 0.3) is 11.1 Å². The number of aromatic nitrogens is 6. The molecule has 10 heteroatoms. The Balaban J connectivity index is 1.77. The van der Waals surface area contributed by atoms with Gasteiger partial charge < -0.3 is 4.57 Å². The van der Waals surface area contributed by atoms with Crippen LogP contribution < -0.4 is 16.8 Å². The number of thioether (sulfide) groups is 1. The first-order valence-corrected chi connectivity index (χ1v) is 11.3. The Morgan fingerprint density at radius 2 is 1.84 bits per heavy atom. The summed E-state index contributed by atoms with van der Waals surface area (Å²) in [7, 11) is 1.69. The Bertz CT molecular complexity index is 1450. The van der Waals surface area contributed by atoms with Gasteiger partial charge in [0, 0.05) is 20.1 Å². The van der Waals surface area contributed by atoms with Gasteiger partial charge in [0.2, 0.25) is 0 Å². The van der Waals surface area contributed by atoms with E-state index in [0.29, 0.717) is 51.9 Å². The van der Waals surface area contributed by atoms with E-state index >= 15 is 0 Å². The van der Waals surface area contributed by atoms with Crippen LogP contribution in [0.4, 0.5) is 0 Å². The van der Waals surface area contributed by atoms with Crippen molar-refractivity contribution in [1.29, 1.82) is 0 Å². The van der Waals surface area contributed by atoms with Gasteiger partial charge in [-0.05, 0) is 25.5 Å². The molecule has 1 N–H and O–H groups in total. The highest BCUT2D eigenvalue weighted by atomic mass is 32.2. The molecule has 0 aliphatic carbocycles. The van der Waals surface area contributed by atoms with Crippen LogP contribution in [-0.2, 0) is 25.9 Å². The molecule has 0 amide bonds. The number of aryl methyl sites for hydroxylation is 2. The fourth-order valence-electron chi connectivity index (χ4n) is 3.65. The molecule has 31 heavy (non-hydrogen) atoms. The largest absolute Gasteiger partial charge is 0.330 e. The van der Waals surface area contributed by atoms with Crippen LogP contribution >= 0.6 is 11.8 Å². The molecule has 0 aliphatic heterocycles. The van der Waals surface area contributed by atoms with Gasteiger partial charge >= 0.3 is 5.69 Å². The van der Waals surface area contributed by atoms with Crippen LogP contribution in [0.25, 0.3) is 22.1 Å². The van der Waals surface area contributed by atoms with Crippen molar-refractivity contribution in [3.05, 3.63) is 61.3 Å². The minimum absolute atomic E-state index is 0.109. The second-order valence-corrected chi connectivity index (χ2v) is 8.22. The van der Waals surface area contributed by atoms with Crippen LogP contribution in [-0.4, -0.2) is 28.7 Å². The highest BCUT2D eigenvalue weighted by molar-refractivity contribution is 7.98. The number of benzene rings is 1. The summed E-state index contributed by atoms with van der Waals surface area (Å²) in [6.45, 7) is 5.00. The minimum Gasteiger partial charge on any atom is -0.322 e. The lowest BCUT2D eigenvalue weighted by atomic mass is 10.2. The average Bonchev–Trinajstić information content (AvgIpc) is 3.14. The van der Waals surface area contributed by atoms with E-state index in [1.807, 2.05) is 36.6 Å². The second-order valence-electron chi connectivity index (χ2n) is 7.27. The lowest BCUT2D eigenvalue weighted by Gasteiger charge is -2.09. The number of hydrogen-bond acceptors (Lipinski definition) is 6. The van der Waals surface area contributed by atoms with Crippen molar-refractivity contribution in [2.75, 3.05) is 0 Å². The third kappa shape index (κ3) is 3.71. The van der Waals surface area contributed by atoms with E-state index in [2.05, 4.69) is 15.0 Å². The first-order chi connectivity index (χ1) is 15.0. The van der Waals surface area contributed by atoms with Crippen molar-refractivity contribution in [3.8, 4) is 0 Å². The predicted octanol–water partition coefficient (Wildman–Crippen LogP) is 2.25. The summed E-state index contributed by atoms with van der Waals surface area (Å²) in [5.41, 5.74) is 0.456. The zero-order valence-corrected chi connectivity index (χ0v) is 18.5. The summed E-state index contributed by atoms with van der Waals surface area (Å²) in [5, 5.41) is 1.14. The lowest BCUT2D eigenvalue weighted by molar-refractivity contribution is 0.613. The zero-order valence-electron chi connectivity index (χ0n) is 17.7. The number of H-pyrrole nitrogens is 1. The molecule has 3 heterocycles. The Kier molecular flexibility index (Phi) is 5.81. The van der Waals surface area contributed by atoms with Gasteiger partial charge in [-0.15, -0.1) is 0 Å². The van der Waals surface area contributed by atoms with E-state index in [1.54, 1.807) is 13.1 Å². The van der Waals surface area contributed by atoms with Crippen LogP contribution in [0.3, 0.4) is 0 Å². The Morgan fingerprint density at radius 1 is 1.06 bits per heavy atom. The van der Waals surface area contributed by atoms with Gasteiger partial charge in [0.15, 0.2) is 16.3 Å². The van der Waals surface area contributed by atoms with Crippen LogP contribution in [0, 0.1) is 0 Å². The normalized spacial score (nSPS) is 11.6. The molecule has 0 unspecified atom stereocenters. The molecule has 3 aromatic heterocycles. The molecule has 0 aliphatic rings. The van der Waals surface area contributed by atoms with Crippen molar-refractivity contribution in [2.45, 2.75) is 50.7 Å². The molecule has 0 spiro atoms. The predicted molar refractivity (Wildman–Crippen MR) is 122 cm³/mol. The smallest absolute Gasteiger partial charge is 0.322 e. The summed E-state index contributed by atoms with van der Waals surface area (Å²) in [6, 6.07) is 7.24. The summed E-state index contributed by atoms with van der Waals surface area (Å²) >= 11 is 1.38. The first-order valence-electron chi connectivity index (χ1n) is 10.3. The van der Waals surface area contributed by atoms with E-state index in [-0.39, 0.29) is 5.56 Å². The molecule has 1 aromatic carbocycles. The monoisotopic (exact) mass is 440 g/mol. The zero-order chi connectivity index (χ0) is 22.1. The molecular weight excluding hydrogens is 416 g/mol. The van der Waals surface area contributed by atoms with Crippen molar-refractivity contribution >= 4 is 33.8 Å². The topological polar surface area (TPSA) is 108 Å². The van der Waals surface area contributed by atoms with Crippen LogP contribution in [0.15, 0.2) is 43.8 Å². The van der Waals surface area contributed by atoms with Gasteiger partial charge in [-0.3, -0.25) is 23.7 Å². The van der Waals surface area contributed by atoms with Crippen LogP contribution in [0.1, 0.15) is 32.5 Å². The van der Waals surface area contributed by atoms with Crippen molar-refractivity contribution in [2.24, 2.45) is 7.05 Å². The third-order valence-electron chi connectivity index (χ3n) is 5.29. The number of fused-ring (bicyclic) bond motifs is 2. The highest BCUT2D eigenvalue weighted by Crippen LogP contribution is 2.23. The fraction of sp³-hybridized carbons (Fsp3) is 0.381. The average molecular weight is 441 g/mol. The molecule has 4 aromatic rings. The first kappa shape index (κ1) is 21.1. The van der Waals surface area contributed by atoms with E-state index in [1.165, 1.54) is 20.9 Å². The molecule has 0 saturated carbocycles. The number of nitrogens with zero attached hydrogens (tertiary/aromatic N) is 5. The Labute approximate surface area is 181 Å². The summed E-state index contributed by atoms with van der Waals surface area (Å²) in [4.78, 5) is 49.2. The van der Waals surface area contributed by atoms with Gasteiger partial charge in [0.1, 0.15) is 5.82 Å². The number of imidazole rings is 1. The van der Waals surface area contributed by atoms with Gasteiger partial charge in [-0.1, -0.05) is 37.2 Å². The second kappa shape index (κ2) is 8.54. The maximum absolute atomic E-state index is 12.7.